The lowest BCUT2D eigenvalue weighted by Gasteiger charge is -2.12. The van der Waals surface area contributed by atoms with Crippen molar-refractivity contribution in [1.82, 2.24) is 10.8 Å². The van der Waals surface area contributed by atoms with E-state index in [4.69, 9.17) is 11.6 Å². The fourth-order valence-corrected chi connectivity index (χ4v) is 2.20. The number of amides is 1. The molecular weight excluding hydrogens is 216 g/mol. The summed E-state index contributed by atoms with van der Waals surface area (Å²) in [5.41, 5.74) is 4.43. The number of rotatable bonds is 3. The van der Waals surface area contributed by atoms with Gasteiger partial charge in [-0.15, -0.1) is 6.42 Å². The third-order valence-corrected chi connectivity index (χ3v) is 3.04. The van der Waals surface area contributed by atoms with E-state index in [1.54, 1.807) is 11.5 Å². The van der Waals surface area contributed by atoms with Crippen LogP contribution in [0.5, 0.6) is 0 Å². The minimum Gasteiger partial charge on any atom is -0.299 e. The van der Waals surface area contributed by atoms with Gasteiger partial charge in [0.25, 0.3) is 5.91 Å². The highest BCUT2D eigenvalue weighted by Gasteiger charge is 2.22. The number of carbonyl (C=O) groups excluding carboxylic acids is 1. The monoisotopic (exact) mass is 230 g/mol. The number of fused-ring (bicyclic) bond motifs is 1. The second kappa shape index (κ2) is 5.00. The first kappa shape index (κ1) is 11.6. The lowest BCUT2D eigenvalue weighted by molar-refractivity contribution is 0.0706. The van der Waals surface area contributed by atoms with Gasteiger partial charge >= 0.3 is 0 Å². The molecule has 0 radical (unpaired) electrons. The topological polar surface area (TPSA) is 61.4 Å². The van der Waals surface area contributed by atoms with Crippen LogP contribution in [0.25, 0.3) is 0 Å². The van der Waals surface area contributed by atoms with Crippen LogP contribution in [0, 0.1) is 12.3 Å². The quantitative estimate of drug-likeness (QED) is 0.412. The summed E-state index contributed by atoms with van der Waals surface area (Å²) in [7, 11) is 0. The van der Waals surface area contributed by atoms with E-state index in [9.17, 15) is 4.79 Å². The predicted molar refractivity (Wildman–Crippen MR) is 63.6 cm³/mol. The van der Waals surface area contributed by atoms with Crippen molar-refractivity contribution in [2.75, 3.05) is 6.54 Å². The van der Waals surface area contributed by atoms with Gasteiger partial charge in [0.15, 0.2) is 0 Å². The van der Waals surface area contributed by atoms with E-state index in [1.807, 2.05) is 12.1 Å². The maximum Gasteiger partial charge on any atom is 0.274 e. The Kier molecular flexibility index (Phi) is 3.43. The molecule has 0 saturated carbocycles. The van der Waals surface area contributed by atoms with Gasteiger partial charge in [-0.1, -0.05) is 12.0 Å². The van der Waals surface area contributed by atoms with Crippen molar-refractivity contribution in [3.8, 4) is 12.3 Å². The molecule has 0 spiro atoms. The Morgan fingerprint density at radius 1 is 1.59 bits per heavy atom. The number of aryl methyl sites for hydroxylation is 1. The highest BCUT2D eigenvalue weighted by atomic mass is 16.5. The Morgan fingerprint density at radius 3 is 3.12 bits per heavy atom. The normalized spacial score (nSPS) is 17.3. The van der Waals surface area contributed by atoms with Crippen molar-refractivity contribution in [1.29, 1.82) is 0 Å². The van der Waals surface area contributed by atoms with E-state index in [2.05, 4.69) is 11.2 Å². The van der Waals surface area contributed by atoms with Gasteiger partial charge in [0, 0.05) is 11.6 Å². The van der Waals surface area contributed by atoms with Crippen LogP contribution in [-0.4, -0.2) is 17.7 Å². The number of terminal acetylenes is 1. The zero-order valence-electron chi connectivity index (χ0n) is 9.36. The molecule has 1 amide bonds. The molecule has 0 saturated heterocycles. The SMILES string of the molecule is C#CCN[C@@H]1CCc2ccc(C(=O)NO)cc21. The van der Waals surface area contributed by atoms with Crippen LogP contribution in [0.15, 0.2) is 18.2 Å². The molecule has 4 nitrogen and oxygen atoms in total. The molecule has 0 heterocycles. The van der Waals surface area contributed by atoms with Crippen molar-refractivity contribution >= 4 is 5.91 Å². The van der Waals surface area contributed by atoms with Crippen LogP contribution in [0.2, 0.25) is 0 Å². The minimum absolute atomic E-state index is 0.201. The van der Waals surface area contributed by atoms with Crippen LogP contribution >= 0.6 is 0 Å². The van der Waals surface area contributed by atoms with E-state index in [0.717, 1.165) is 18.4 Å². The van der Waals surface area contributed by atoms with Gasteiger partial charge in [0.05, 0.1) is 6.54 Å². The Hall–Kier alpha value is -1.83. The van der Waals surface area contributed by atoms with Gasteiger partial charge in [-0.2, -0.15) is 0 Å². The molecule has 1 aromatic rings. The third kappa shape index (κ3) is 2.31. The zero-order chi connectivity index (χ0) is 12.3. The number of carbonyl (C=O) groups is 1. The van der Waals surface area contributed by atoms with Gasteiger partial charge in [-0.25, -0.2) is 5.48 Å². The second-order valence-corrected chi connectivity index (χ2v) is 4.03. The van der Waals surface area contributed by atoms with Crippen LogP contribution in [-0.2, 0) is 6.42 Å². The van der Waals surface area contributed by atoms with E-state index >= 15 is 0 Å². The van der Waals surface area contributed by atoms with Gasteiger partial charge in [-0.05, 0) is 36.1 Å². The summed E-state index contributed by atoms with van der Waals surface area (Å²) in [6.07, 6.45) is 7.19. The van der Waals surface area contributed by atoms with Crippen molar-refractivity contribution in [3.63, 3.8) is 0 Å². The molecule has 1 atom stereocenters. The molecule has 0 aromatic heterocycles. The molecule has 2 rings (SSSR count). The van der Waals surface area contributed by atoms with Gasteiger partial charge in [0.1, 0.15) is 0 Å². The molecule has 0 fully saturated rings. The summed E-state index contributed by atoms with van der Waals surface area (Å²) < 4.78 is 0. The molecule has 0 unspecified atom stereocenters. The lowest BCUT2D eigenvalue weighted by atomic mass is 10.0. The van der Waals surface area contributed by atoms with E-state index in [1.165, 1.54) is 5.56 Å². The summed E-state index contributed by atoms with van der Waals surface area (Å²) in [6.45, 7) is 0.514. The van der Waals surface area contributed by atoms with Crippen LogP contribution < -0.4 is 10.8 Å². The first-order chi connectivity index (χ1) is 8.26. The molecule has 0 aliphatic heterocycles. The van der Waals surface area contributed by atoms with Crippen molar-refractivity contribution in [2.45, 2.75) is 18.9 Å². The molecular formula is C13H14N2O2. The summed E-state index contributed by atoms with van der Waals surface area (Å²) >= 11 is 0. The number of hydroxylamine groups is 1. The number of hydrogen-bond acceptors (Lipinski definition) is 3. The Morgan fingerprint density at radius 2 is 2.41 bits per heavy atom. The first-order valence-corrected chi connectivity index (χ1v) is 5.50. The maximum atomic E-state index is 11.3. The lowest BCUT2D eigenvalue weighted by Crippen LogP contribution is -2.21. The minimum atomic E-state index is -0.490. The predicted octanol–water partition coefficient (Wildman–Crippen LogP) is 1.02. The van der Waals surface area contributed by atoms with Gasteiger partial charge < -0.3 is 0 Å². The van der Waals surface area contributed by atoms with Crippen molar-refractivity contribution in [2.24, 2.45) is 0 Å². The average Bonchev–Trinajstić information content (AvgIpc) is 2.77. The van der Waals surface area contributed by atoms with E-state index < -0.39 is 5.91 Å². The number of hydrogen-bond donors (Lipinski definition) is 3. The average molecular weight is 230 g/mol. The van der Waals surface area contributed by atoms with Crippen LogP contribution in [0.1, 0.15) is 33.9 Å². The fourth-order valence-electron chi connectivity index (χ4n) is 2.20. The van der Waals surface area contributed by atoms with Crippen molar-refractivity contribution < 1.29 is 10.0 Å². The first-order valence-electron chi connectivity index (χ1n) is 5.50. The number of benzene rings is 1. The highest BCUT2D eigenvalue weighted by Crippen LogP contribution is 2.31. The van der Waals surface area contributed by atoms with E-state index in [-0.39, 0.29) is 6.04 Å². The standard InChI is InChI=1S/C13H14N2O2/c1-2-7-14-12-6-5-9-3-4-10(8-11(9)12)13(16)15-17/h1,3-4,8,12,14,17H,5-7H2,(H,15,16)/t12-/m1/s1. The van der Waals surface area contributed by atoms with Crippen LogP contribution in [0.4, 0.5) is 0 Å². The Balaban J connectivity index is 2.24. The number of nitrogens with one attached hydrogen (secondary N) is 2. The summed E-state index contributed by atoms with van der Waals surface area (Å²) in [4.78, 5) is 11.3. The van der Waals surface area contributed by atoms with Crippen LogP contribution in [0.3, 0.4) is 0 Å². The second-order valence-electron chi connectivity index (χ2n) is 4.03. The highest BCUT2D eigenvalue weighted by molar-refractivity contribution is 5.93. The Bertz CT molecular complexity index is 477. The molecule has 0 bridgehead atoms. The summed E-state index contributed by atoms with van der Waals surface area (Å²) in [5.74, 6) is 2.05. The molecule has 3 N–H and O–H groups in total. The zero-order valence-corrected chi connectivity index (χ0v) is 9.36. The fraction of sp³-hybridized carbons (Fsp3) is 0.308. The van der Waals surface area contributed by atoms with Gasteiger partial charge in [0.2, 0.25) is 0 Å². The van der Waals surface area contributed by atoms with Gasteiger partial charge in [-0.3, -0.25) is 15.3 Å². The smallest absolute Gasteiger partial charge is 0.274 e. The van der Waals surface area contributed by atoms with E-state index in [0.29, 0.717) is 12.1 Å². The molecule has 1 aromatic carbocycles. The maximum absolute atomic E-state index is 11.3. The summed E-state index contributed by atoms with van der Waals surface area (Å²) in [6, 6.07) is 5.65. The molecule has 4 heteroatoms. The molecule has 1 aliphatic rings. The molecule has 17 heavy (non-hydrogen) atoms. The largest absolute Gasteiger partial charge is 0.299 e. The molecule has 1 aliphatic carbocycles. The van der Waals surface area contributed by atoms with Crippen molar-refractivity contribution in [3.05, 3.63) is 34.9 Å². The third-order valence-electron chi connectivity index (χ3n) is 3.04. The summed E-state index contributed by atoms with van der Waals surface area (Å²) in [5, 5.41) is 11.8. The Labute approximate surface area is 100.0 Å². The molecule has 88 valence electrons.